The van der Waals surface area contributed by atoms with Crippen LogP contribution in [0, 0.1) is 0 Å². The maximum Gasteiger partial charge on any atom is 0.417 e. The van der Waals surface area contributed by atoms with Gasteiger partial charge in [-0.05, 0) is 59.7 Å². The highest BCUT2D eigenvalue weighted by molar-refractivity contribution is 5.89. The number of carbonyl (C=O) groups excluding carboxylic acids is 1. The maximum absolute atomic E-state index is 13.7. The quantitative estimate of drug-likeness (QED) is 0.140. The van der Waals surface area contributed by atoms with Crippen molar-refractivity contribution < 1.29 is 31.1 Å². The highest BCUT2D eigenvalue weighted by Gasteiger charge is 2.37. The summed E-state index contributed by atoms with van der Waals surface area (Å²) in [5.41, 5.74) is -2.24. The zero-order chi connectivity index (χ0) is 26.9. The molecule has 37 heavy (non-hydrogen) atoms. The lowest BCUT2D eigenvalue weighted by atomic mass is 9.90. The molecule has 0 spiro atoms. The van der Waals surface area contributed by atoms with E-state index in [9.17, 15) is 31.1 Å². The Morgan fingerprint density at radius 2 is 1.41 bits per heavy atom. The molecule has 1 heterocycles. The van der Waals surface area contributed by atoms with Gasteiger partial charge < -0.3 is 5.32 Å². The summed E-state index contributed by atoms with van der Waals surface area (Å²) in [5, 5.41) is 2.66. The summed E-state index contributed by atoms with van der Waals surface area (Å²) in [6, 6.07) is 12.6. The number of aromatic nitrogens is 1. The summed E-state index contributed by atoms with van der Waals surface area (Å²) in [7, 11) is 0. The van der Waals surface area contributed by atoms with Gasteiger partial charge in [-0.15, -0.1) is 0 Å². The molecule has 0 aliphatic carbocycles. The van der Waals surface area contributed by atoms with Crippen LogP contribution < -0.4 is 5.32 Å². The van der Waals surface area contributed by atoms with Gasteiger partial charge in [0.1, 0.15) is 0 Å². The number of benzene rings is 2. The third kappa shape index (κ3) is 8.06. The van der Waals surface area contributed by atoms with E-state index in [2.05, 4.69) is 10.3 Å². The first kappa shape index (κ1) is 27.7. The number of carbonyl (C=O) groups is 1. The van der Waals surface area contributed by atoms with E-state index in [-0.39, 0.29) is 5.57 Å². The minimum atomic E-state index is -4.79. The van der Waals surface area contributed by atoms with Gasteiger partial charge >= 0.3 is 12.4 Å². The molecule has 1 N–H and O–H groups in total. The van der Waals surface area contributed by atoms with Gasteiger partial charge in [0, 0.05) is 25.0 Å². The fraction of sp³-hybridized carbons (Fsp3) is 0.214. The average Bonchev–Trinajstić information content (AvgIpc) is 2.86. The van der Waals surface area contributed by atoms with Gasteiger partial charge in [-0.3, -0.25) is 9.78 Å². The van der Waals surface area contributed by atoms with Gasteiger partial charge in [0.25, 0.3) is 0 Å². The number of halogens is 6. The molecule has 0 fully saturated rings. The normalized spacial score (nSPS) is 11.9. The molecule has 0 radical (unpaired) electrons. The molecule has 0 bridgehead atoms. The number of aryl methyl sites for hydroxylation is 1. The van der Waals surface area contributed by atoms with E-state index in [4.69, 9.17) is 0 Å². The van der Waals surface area contributed by atoms with Crippen LogP contribution in [0.3, 0.4) is 0 Å². The van der Waals surface area contributed by atoms with E-state index in [1.165, 1.54) is 12.1 Å². The summed E-state index contributed by atoms with van der Waals surface area (Å²) < 4.78 is 82.1. The number of alkyl halides is 6. The van der Waals surface area contributed by atoms with Crippen LogP contribution in [0.15, 0.2) is 91.3 Å². The smallest absolute Gasteiger partial charge is 0.353 e. The van der Waals surface area contributed by atoms with E-state index in [0.717, 1.165) is 73.0 Å². The van der Waals surface area contributed by atoms with Crippen molar-refractivity contribution in [1.82, 2.24) is 10.3 Å². The second-order valence-electron chi connectivity index (χ2n) is 8.14. The van der Waals surface area contributed by atoms with Crippen molar-refractivity contribution in [3.05, 3.63) is 119 Å². The predicted octanol–water partition coefficient (Wildman–Crippen LogP) is 7.25. The number of allylic oxidation sites excluding steroid dienone is 2. The molecule has 1 aromatic heterocycles. The zero-order valence-electron chi connectivity index (χ0n) is 19.6. The molecule has 0 aliphatic heterocycles. The Labute approximate surface area is 210 Å². The largest absolute Gasteiger partial charge is 0.417 e. The van der Waals surface area contributed by atoms with Gasteiger partial charge in [0.2, 0.25) is 5.91 Å². The van der Waals surface area contributed by atoms with Crippen LogP contribution >= 0.6 is 0 Å². The lowest BCUT2D eigenvalue weighted by Gasteiger charge is -2.19. The molecule has 3 nitrogen and oxygen atoms in total. The first-order valence-electron chi connectivity index (χ1n) is 11.5. The fourth-order valence-electron chi connectivity index (χ4n) is 3.76. The lowest BCUT2D eigenvalue weighted by molar-refractivity contribution is -0.138. The van der Waals surface area contributed by atoms with E-state index < -0.39 is 40.5 Å². The highest BCUT2D eigenvalue weighted by atomic mass is 19.4. The van der Waals surface area contributed by atoms with Gasteiger partial charge in [-0.2, -0.15) is 26.3 Å². The standard InChI is InChI=1S/C28H24F6N2O/c29-27(30,31)24-14-3-1-11-22(24)21(23-12-2-4-15-25(23)28(32,33)34)13-7-16-26(37)36-18-6-5-9-20-10-8-17-35-19-20/h1-4,7-8,10-17,19H,5-6,9,18H2,(H,36,37)/b16-7+. The zero-order valence-corrected chi connectivity index (χ0v) is 19.6. The van der Waals surface area contributed by atoms with Crippen LogP contribution in [0.1, 0.15) is 40.7 Å². The molecule has 0 aliphatic rings. The summed E-state index contributed by atoms with van der Waals surface area (Å²) in [6.07, 6.45) is -0.526. The van der Waals surface area contributed by atoms with Crippen LogP contribution in [-0.4, -0.2) is 17.4 Å². The van der Waals surface area contributed by atoms with Crippen molar-refractivity contribution in [3.8, 4) is 0 Å². The number of pyridine rings is 1. The number of hydrogen-bond donors (Lipinski definition) is 1. The average molecular weight is 519 g/mol. The second-order valence-corrected chi connectivity index (χ2v) is 8.14. The molecule has 194 valence electrons. The summed E-state index contributed by atoms with van der Waals surface area (Å²) in [5.74, 6) is -0.509. The maximum atomic E-state index is 13.7. The van der Waals surface area contributed by atoms with Gasteiger partial charge in [0.15, 0.2) is 0 Å². The van der Waals surface area contributed by atoms with Gasteiger partial charge in [0.05, 0.1) is 11.1 Å². The molecule has 0 saturated carbocycles. The lowest BCUT2D eigenvalue weighted by Crippen LogP contribution is -2.22. The molecule has 0 atom stereocenters. The molecule has 0 saturated heterocycles. The molecule has 9 heteroatoms. The van der Waals surface area contributed by atoms with Crippen molar-refractivity contribution in [1.29, 1.82) is 0 Å². The first-order valence-corrected chi connectivity index (χ1v) is 11.5. The summed E-state index contributed by atoms with van der Waals surface area (Å²) >= 11 is 0. The van der Waals surface area contributed by atoms with E-state index in [1.54, 1.807) is 12.4 Å². The highest BCUT2D eigenvalue weighted by Crippen LogP contribution is 2.41. The van der Waals surface area contributed by atoms with Crippen molar-refractivity contribution in [2.45, 2.75) is 31.6 Å². The summed E-state index contributed by atoms with van der Waals surface area (Å²) in [4.78, 5) is 16.2. The number of unbranched alkanes of at least 4 members (excludes halogenated alkanes) is 1. The van der Waals surface area contributed by atoms with Gasteiger partial charge in [-0.25, -0.2) is 0 Å². The van der Waals surface area contributed by atoms with Crippen LogP contribution in [0.4, 0.5) is 26.3 Å². The van der Waals surface area contributed by atoms with Crippen molar-refractivity contribution in [2.75, 3.05) is 6.54 Å². The molecule has 3 rings (SSSR count). The Bertz CT molecular complexity index is 1190. The van der Waals surface area contributed by atoms with Crippen LogP contribution in [0.5, 0.6) is 0 Å². The Balaban J connectivity index is 1.81. The van der Waals surface area contributed by atoms with Crippen LogP contribution in [0.25, 0.3) is 5.57 Å². The number of hydrogen-bond acceptors (Lipinski definition) is 2. The van der Waals surface area contributed by atoms with Crippen molar-refractivity contribution >= 4 is 11.5 Å². The minimum Gasteiger partial charge on any atom is -0.353 e. The Kier molecular flexibility index (Phi) is 9.27. The van der Waals surface area contributed by atoms with E-state index >= 15 is 0 Å². The number of nitrogens with zero attached hydrogens (tertiary/aromatic N) is 1. The van der Waals surface area contributed by atoms with E-state index in [1.807, 2.05) is 12.1 Å². The molecular weight excluding hydrogens is 494 g/mol. The predicted molar refractivity (Wildman–Crippen MR) is 129 cm³/mol. The van der Waals surface area contributed by atoms with Gasteiger partial charge in [-0.1, -0.05) is 54.6 Å². The topological polar surface area (TPSA) is 42.0 Å². The number of amides is 1. The minimum absolute atomic E-state index is 0.304. The monoisotopic (exact) mass is 518 g/mol. The number of rotatable bonds is 9. The van der Waals surface area contributed by atoms with Crippen LogP contribution in [-0.2, 0) is 23.6 Å². The molecule has 1 amide bonds. The molecule has 3 aromatic rings. The molecular formula is C28H24F6N2O. The molecule has 0 unspecified atom stereocenters. The summed E-state index contributed by atoms with van der Waals surface area (Å²) in [6.45, 7) is 0.369. The van der Waals surface area contributed by atoms with Crippen molar-refractivity contribution in [2.24, 2.45) is 0 Å². The Morgan fingerprint density at radius 1 is 0.811 bits per heavy atom. The fourth-order valence-corrected chi connectivity index (χ4v) is 3.76. The SMILES string of the molecule is O=C(/C=C/C=C(c1ccccc1C(F)(F)F)c1ccccc1C(F)(F)F)NCCCCc1cccnc1. The van der Waals surface area contributed by atoms with Crippen LogP contribution in [0.2, 0.25) is 0 Å². The third-order valence-corrected chi connectivity index (χ3v) is 5.47. The van der Waals surface area contributed by atoms with Crippen molar-refractivity contribution in [3.63, 3.8) is 0 Å². The first-order chi connectivity index (χ1) is 17.6. The third-order valence-electron chi connectivity index (χ3n) is 5.47. The number of nitrogens with one attached hydrogen (secondary N) is 1. The Hall–Kier alpha value is -3.88. The second kappa shape index (κ2) is 12.4. The Morgan fingerprint density at radius 3 is 1.95 bits per heavy atom. The van der Waals surface area contributed by atoms with E-state index in [0.29, 0.717) is 13.0 Å². The molecule has 2 aromatic carbocycles.